The highest BCUT2D eigenvalue weighted by molar-refractivity contribution is 5.91. The largest absolute Gasteiger partial charge is 0.465 e. The Morgan fingerprint density at radius 2 is 1.44 bits per heavy atom. The minimum atomic E-state index is -1.28. The summed E-state index contributed by atoms with van der Waals surface area (Å²) in [6, 6.07) is 28.8. The second kappa shape index (κ2) is 8.75. The van der Waals surface area contributed by atoms with Crippen molar-refractivity contribution in [3.8, 4) is 23.0 Å². The fourth-order valence-corrected chi connectivity index (χ4v) is 3.84. The Labute approximate surface area is 196 Å². The molecule has 34 heavy (non-hydrogen) atoms. The number of esters is 1. The summed E-state index contributed by atoms with van der Waals surface area (Å²) in [7, 11) is 1.31. The zero-order valence-electron chi connectivity index (χ0n) is 18.3. The molecule has 6 heteroatoms. The third kappa shape index (κ3) is 3.75. The Morgan fingerprint density at radius 3 is 2.00 bits per heavy atom. The fraction of sp³-hybridized carbons (Fsp3) is 0.0714. The molecule has 0 bridgehead atoms. The Bertz CT molecular complexity index is 1290. The van der Waals surface area contributed by atoms with Gasteiger partial charge in [-0.05, 0) is 36.4 Å². The highest BCUT2D eigenvalue weighted by Crippen LogP contribution is 2.53. The highest BCUT2D eigenvalue weighted by atomic mass is 16.7. The van der Waals surface area contributed by atoms with Crippen LogP contribution in [0.1, 0.15) is 31.8 Å². The van der Waals surface area contributed by atoms with Gasteiger partial charge in [-0.25, -0.2) is 4.79 Å². The maximum Gasteiger partial charge on any atom is 0.338 e. The molecule has 0 amide bonds. The molecule has 4 aromatic carbocycles. The maximum absolute atomic E-state index is 12.4. The van der Waals surface area contributed by atoms with Gasteiger partial charge >= 0.3 is 11.8 Å². The fourth-order valence-electron chi connectivity index (χ4n) is 3.84. The van der Waals surface area contributed by atoms with Gasteiger partial charge in [0.2, 0.25) is 5.75 Å². The van der Waals surface area contributed by atoms with Crippen LogP contribution in [0.5, 0.6) is 23.0 Å². The number of carbonyl (C=O) groups is 2. The molecule has 1 aliphatic rings. The minimum Gasteiger partial charge on any atom is -0.465 e. The topological polar surface area (TPSA) is 71.1 Å². The molecule has 0 spiro atoms. The van der Waals surface area contributed by atoms with Gasteiger partial charge < -0.3 is 18.9 Å². The lowest BCUT2D eigenvalue weighted by molar-refractivity contribution is -0.0466. The van der Waals surface area contributed by atoms with Crippen molar-refractivity contribution >= 4 is 12.3 Å². The lowest BCUT2D eigenvalue weighted by atomic mass is 9.97. The van der Waals surface area contributed by atoms with Crippen molar-refractivity contribution in [2.24, 2.45) is 0 Å². The van der Waals surface area contributed by atoms with Crippen LogP contribution in [0.4, 0.5) is 0 Å². The van der Waals surface area contributed by atoms with E-state index in [-0.39, 0.29) is 11.3 Å². The summed E-state index contributed by atoms with van der Waals surface area (Å²) in [5.41, 5.74) is 2.32. The summed E-state index contributed by atoms with van der Waals surface area (Å²) in [6.45, 7) is 0. The van der Waals surface area contributed by atoms with E-state index in [9.17, 15) is 9.59 Å². The van der Waals surface area contributed by atoms with Crippen molar-refractivity contribution in [1.29, 1.82) is 0 Å². The third-order valence-corrected chi connectivity index (χ3v) is 5.49. The van der Waals surface area contributed by atoms with Gasteiger partial charge in [-0.1, -0.05) is 60.7 Å². The predicted molar refractivity (Wildman–Crippen MR) is 125 cm³/mol. The Hall–Kier alpha value is -4.58. The number of rotatable bonds is 6. The molecule has 1 aliphatic heterocycles. The van der Waals surface area contributed by atoms with E-state index in [2.05, 4.69) is 0 Å². The van der Waals surface area contributed by atoms with Crippen LogP contribution in [-0.4, -0.2) is 19.4 Å². The number of carbonyl (C=O) groups excluding carboxylic acids is 2. The monoisotopic (exact) mass is 452 g/mol. The zero-order valence-corrected chi connectivity index (χ0v) is 18.3. The third-order valence-electron chi connectivity index (χ3n) is 5.49. The SMILES string of the molecule is COC(=O)c1cc(Oc2ccc(C=O)cc2)c2c(c1)OC(c1ccccc1)(c1ccccc1)O2. The van der Waals surface area contributed by atoms with Crippen molar-refractivity contribution in [3.63, 3.8) is 0 Å². The first-order valence-electron chi connectivity index (χ1n) is 10.6. The second-order valence-corrected chi connectivity index (χ2v) is 7.63. The Kier molecular flexibility index (Phi) is 5.47. The number of aldehydes is 1. The maximum atomic E-state index is 12.4. The summed E-state index contributed by atoms with van der Waals surface area (Å²) in [4.78, 5) is 23.4. The van der Waals surface area contributed by atoms with E-state index in [0.29, 0.717) is 22.8 Å². The van der Waals surface area contributed by atoms with Gasteiger partial charge in [0.25, 0.3) is 0 Å². The first kappa shape index (κ1) is 21.3. The number of hydrogen-bond donors (Lipinski definition) is 0. The average Bonchev–Trinajstić information content (AvgIpc) is 3.31. The van der Waals surface area contributed by atoms with Crippen LogP contribution >= 0.6 is 0 Å². The summed E-state index contributed by atoms with van der Waals surface area (Å²) < 4.78 is 24.0. The van der Waals surface area contributed by atoms with E-state index in [1.54, 1.807) is 36.4 Å². The summed E-state index contributed by atoms with van der Waals surface area (Å²) in [5.74, 6) is -0.376. The van der Waals surface area contributed by atoms with Gasteiger partial charge in [0.1, 0.15) is 12.0 Å². The summed E-state index contributed by atoms with van der Waals surface area (Å²) in [5, 5.41) is 0. The van der Waals surface area contributed by atoms with Gasteiger partial charge in [0, 0.05) is 16.7 Å². The Morgan fingerprint density at radius 1 is 0.824 bits per heavy atom. The van der Waals surface area contributed by atoms with Crippen LogP contribution in [0.2, 0.25) is 0 Å². The molecule has 0 aromatic heterocycles. The Balaban J connectivity index is 1.64. The molecular formula is C28H20O6. The summed E-state index contributed by atoms with van der Waals surface area (Å²) >= 11 is 0. The zero-order chi connectivity index (χ0) is 23.5. The molecule has 0 atom stereocenters. The molecule has 4 aromatic rings. The molecule has 0 saturated heterocycles. The number of ether oxygens (including phenoxy) is 4. The van der Waals surface area contributed by atoms with E-state index in [4.69, 9.17) is 18.9 Å². The van der Waals surface area contributed by atoms with Crippen LogP contribution in [0.15, 0.2) is 97.1 Å². The molecule has 168 valence electrons. The second-order valence-electron chi connectivity index (χ2n) is 7.63. The molecule has 0 N–H and O–H groups in total. The van der Waals surface area contributed by atoms with E-state index >= 15 is 0 Å². The van der Waals surface area contributed by atoms with Gasteiger partial charge in [-0.15, -0.1) is 0 Å². The summed E-state index contributed by atoms with van der Waals surface area (Å²) in [6.07, 6.45) is 0.754. The molecular weight excluding hydrogens is 432 g/mol. The lowest BCUT2D eigenvalue weighted by Crippen LogP contribution is -2.36. The van der Waals surface area contributed by atoms with E-state index in [1.165, 1.54) is 7.11 Å². The van der Waals surface area contributed by atoms with Crippen molar-refractivity contribution in [1.82, 2.24) is 0 Å². The lowest BCUT2D eigenvalue weighted by Gasteiger charge is -2.28. The molecule has 1 heterocycles. The first-order chi connectivity index (χ1) is 16.6. The quantitative estimate of drug-likeness (QED) is 0.274. The number of hydrogen-bond acceptors (Lipinski definition) is 6. The van der Waals surface area contributed by atoms with Crippen molar-refractivity contribution in [2.45, 2.75) is 5.79 Å². The van der Waals surface area contributed by atoms with Crippen LogP contribution < -0.4 is 14.2 Å². The van der Waals surface area contributed by atoms with Gasteiger partial charge in [0.15, 0.2) is 11.5 Å². The van der Waals surface area contributed by atoms with Crippen LogP contribution in [0.25, 0.3) is 0 Å². The predicted octanol–water partition coefficient (Wildman–Crippen LogP) is 5.75. The number of fused-ring (bicyclic) bond motifs is 1. The number of methoxy groups -OCH3 is 1. The van der Waals surface area contributed by atoms with Gasteiger partial charge in [-0.2, -0.15) is 0 Å². The molecule has 0 saturated carbocycles. The van der Waals surface area contributed by atoms with Crippen LogP contribution in [-0.2, 0) is 10.5 Å². The first-order valence-corrected chi connectivity index (χ1v) is 10.6. The average molecular weight is 452 g/mol. The van der Waals surface area contributed by atoms with Crippen molar-refractivity contribution < 1.29 is 28.5 Å². The molecule has 6 nitrogen and oxygen atoms in total. The smallest absolute Gasteiger partial charge is 0.338 e. The van der Waals surface area contributed by atoms with Gasteiger partial charge in [-0.3, -0.25) is 4.79 Å². The van der Waals surface area contributed by atoms with Crippen LogP contribution in [0, 0.1) is 0 Å². The minimum absolute atomic E-state index is 0.251. The van der Waals surface area contributed by atoms with Crippen molar-refractivity contribution in [3.05, 3.63) is 119 Å². The highest BCUT2D eigenvalue weighted by Gasteiger charge is 2.47. The molecule has 0 radical (unpaired) electrons. The van der Waals surface area contributed by atoms with Crippen molar-refractivity contribution in [2.75, 3.05) is 7.11 Å². The normalized spacial score (nSPS) is 13.2. The van der Waals surface area contributed by atoms with Gasteiger partial charge in [0.05, 0.1) is 12.7 Å². The number of benzene rings is 4. The van der Waals surface area contributed by atoms with Crippen LogP contribution in [0.3, 0.4) is 0 Å². The molecule has 0 aliphatic carbocycles. The standard InChI is InChI=1S/C28H20O6/c1-31-27(30)20-16-24(32-23-14-12-19(18-29)13-15-23)26-25(17-20)33-28(34-26,21-8-4-2-5-9-21)22-10-6-3-7-11-22/h2-18H,1H3. The van der Waals surface area contributed by atoms with E-state index in [0.717, 1.165) is 17.4 Å². The molecule has 0 fully saturated rings. The van der Waals surface area contributed by atoms with E-state index < -0.39 is 11.8 Å². The molecule has 0 unspecified atom stereocenters. The van der Waals surface area contributed by atoms with E-state index in [1.807, 2.05) is 60.7 Å². The molecule has 5 rings (SSSR count).